The van der Waals surface area contributed by atoms with Gasteiger partial charge in [0.25, 0.3) is 0 Å². The summed E-state index contributed by atoms with van der Waals surface area (Å²) in [5, 5.41) is 2.94. The number of amides is 2. The molecule has 0 unspecified atom stereocenters. The average molecular weight is 331 g/mol. The molecular weight excluding hydrogens is 306 g/mol. The molecule has 1 N–H and O–H groups in total. The maximum absolute atomic E-state index is 12.4. The molecule has 1 aromatic carbocycles. The molecule has 24 heavy (non-hydrogen) atoms. The summed E-state index contributed by atoms with van der Waals surface area (Å²) < 4.78 is 5.54. The Kier molecular flexibility index (Phi) is 5.04. The number of nitrogens with one attached hydrogen (secondary N) is 1. The van der Waals surface area contributed by atoms with E-state index in [0.717, 1.165) is 30.8 Å². The van der Waals surface area contributed by atoms with Crippen LogP contribution in [0.5, 0.6) is 5.75 Å². The van der Waals surface area contributed by atoms with E-state index < -0.39 is 0 Å². The molecule has 2 amide bonds. The molecule has 0 radical (unpaired) electrons. The smallest absolute Gasteiger partial charge is 0.237 e. The van der Waals surface area contributed by atoms with E-state index in [1.165, 1.54) is 6.92 Å². The van der Waals surface area contributed by atoms with Gasteiger partial charge >= 0.3 is 0 Å². The Bertz CT molecular complexity index is 619. The van der Waals surface area contributed by atoms with Gasteiger partial charge < -0.3 is 15.0 Å². The van der Waals surface area contributed by atoms with Crippen LogP contribution in [0.4, 0.5) is 0 Å². The SMILES string of the molecule is CCOc1cccc(CN2CC(=O)N3C[C@@H](NC(C)=O)C[C@H]3C2)c1. The highest BCUT2D eigenvalue weighted by Gasteiger charge is 2.40. The summed E-state index contributed by atoms with van der Waals surface area (Å²) in [4.78, 5) is 27.8. The number of piperazine rings is 1. The maximum atomic E-state index is 12.4. The number of carbonyl (C=O) groups excluding carboxylic acids is 2. The Morgan fingerprint density at radius 2 is 2.21 bits per heavy atom. The van der Waals surface area contributed by atoms with E-state index in [1.54, 1.807) is 0 Å². The highest BCUT2D eigenvalue weighted by Crippen LogP contribution is 2.24. The number of hydrogen-bond donors (Lipinski definition) is 1. The molecular formula is C18H25N3O3. The quantitative estimate of drug-likeness (QED) is 0.875. The summed E-state index contributed by atoms with van der Waals surface area (Å²) in [5.41, 5.74) is 1.15. The zero-order chi connectivity index (χ0) is 17.1. The molecule has 2 aliphatic rings. The van der Waals surface area contributed by atoms with Gasteiger partial charge in [-0.25, -0.2) is 0 Å². The van der Waals surface area contributed by atoms with Crippen molar-refractivity contribution in [3.63, 3.8) is 0 Å². The minimum Gasteiger partial charge on any atom is -0.494 e. The van der Waals surface area contributed by atoms with Gasteiger partial charge in [0.05, 0.1) is 13.2 Å². The molecule has 0 spiro atoms. The Morgan fingerprint density at radius 1 is 1.38 bits per heavy atom. The van der Waals surface area contributed by atoms with Crippen LogP contribution in [0.1, 0.15) is 25.8 Å². The van der Waals surface area contributed by atoms with Crippen molar-refractivity contribution in [3.8, 4) is 5.75 Å². The summed E-state index contributed by atoms with van der Waals surface area (Å²) in [6.45, 7) is 6.79. The van der Waals surface area contributed by atoms with Crippen molar-refractivity contribution >= 4 is 11.8 Å². The largest absolute Gasteiger partial charge is 0.494 e. The molecule has 1 aromatic rings. The van der Waals surface area contributed by atoms with Crippen molar-refractivity contribution in [2.24, 2.45) is 0 Å². The van der Waals surface area contributed by atoms with Crippen molar-refractivity contribution in [1.82, 2.24) is 15.1 Å². The Balaban J connectivity index is 1.62. The fourth-order valence-corrected chi connectivity index (χ4v) is 3.71. The van der Waals surface area contributed by atoms with Gasteiger partial charge in [0, 0.05) is 38.6 Å². The van der Waals surface area contributed by atoms with E-state index in [4.69, 9.17) is 4.74 Å². The van der Waals surface area contributed by atoms with Crippen molar-refractivity contribution in [3.05, 3.63) is 29.8 Å². The van der Waals surface area contributed by atoms with Crippen molar-refractivity contribution < 1.29 is 14.3 Å². The van der Waals surface area contributed by atoms with Crippen LogP contribution in [0.3, 0.4) is 0 Å². The lowest BCUT2D eigenvalue weighted by molar-refractivity contribution is -0.138. The van der Waals surface area contributed by atoms with Crippen LogP contribution in [0.25, 0.3) is 0 Å². The molecule has 0 aliphatic carbocycles. The van der Waals surface area contributed by atoms with Gasteiger partial charge in [0.15, 0.2) is 0 Å². The first-order chi connectivity index (χ1) is 11.5. The monoisotopic (exact) mass is 331 g/mol. The zero-order valence-electron chi connectivity index (χ0n) is 14.3. The first kappa shape index (κ1) is 16.8. The molecule has 6 heteroatoms. The molecule has 0 bridgehead atoms. The second-order valence-electron chi connectivity index (χ2n) is 6.58. The van der Waals surface area contributed by atoms with Gasteiger partial charge in [0.1, 0.15) is 5.75 Å². The fourth-order valence-electron chi connectivity index (χ4n) is 3.71. The summed E-state index contributed by atoms with van der Waals surface area (Å²) in [5.74, 6) is 0.989. The van der Waals surface area contributed by atoms with Gasteiger partial charge in [-0.15, -0.1) is 0 Å². The molecule has 0 saturated carbocycles. The van der Waals surface area contributed by atoms with Gasteiger partial charge in [-0.05, 0) is 31.0 Å². The summed E-state index contributed by atoms with van der Waals surface area (Å²) in [6, 6.07) is 8.31. The van der Waals surface area contributed by atoms with Crippen LogP contribution in [-0.2, 0) is 16.1 Å². The molecule has 3 rings (SSSR count). The summed E-state index contributed by atoms with van der Waals surface area (Å²) in [7, 11) is 0. The number of nitrogens with zero attached hydrogens (tertiary/aromatic N) is 2. The Hall–Kier alpha value is -2.08. The number of carbonyl (C=O) groups is 2. The third kappa shape index (κ3) is 3.87. The molecule has 6 nitrogen and oxygen atoms in total. The number of rotatable bonds is 5. The third-order valence-corrected chi connectivity index (χ3v) is 4.59. The first-order valence-electron chi connectivity index (χ1n) is 8.56. The van der Waals surface area contributed by atoms with Gasteiger partial charge in [-0.2, -0.15) is 0 Å². The van der Waals surface area contributed by atoms with Gasteiger partial charge in [-0.3, -0.25) is 14.5 Å². The minimum absolute atomic E-state index is 0.0307. The van der Waals surface area contributed by atoms with Crippen LogP contribution >= 0.6 is 0 Å². The average Bonchev–Trinajstić information content (AvgIpc) is 2.90. The molecule has 2 aliphatic heterocycles. The minimum atomic E-state index is -0.0307. The summed E-state index contributed by atoms with van der Waals surface area (Å²) in [6.07, 6.45) is 0.834. The highest BCUT2D eigenvalue weighted by molar-refractivity contribution is 5.80. The second-order valence-corrected chi connectivity index (χ2v) is 6.58. The Morgan fingerprint density at radius 3 is 2.96 bits per heavy atom. The lowest BCUT2D eigenvalue weighted by atomic mass is 10.1. The zero-order valence-corrected chi connectivity index (χ0v) is 14.3. The van der Waals surface area contributed by atoms with Gasteiger partial charge in [-0.1, -0.05) is 12.1 Å². The van der Waals surface area contributed by atoms with Crippen molar-refractivity contribution in [2.45, 2.75) is 38.9 Å². The number of ether oxygens (including phenoxy) is 1. The van der Waals surface area contributed by atoms with E-state index in [9.17, 15) is 9.59 Å². The first-order valence-corrected chi connectivity index (χ1v) is 8.56. The van der Waals surface area contributed by atoms with Crippen molar-refractivity contribution in [1.29, 1.82) is 0 Å². The predicted molar refractivity (Wildman–Crippen MR) is 90.6 cm³/mol. The van der Waals surface area contributed by atoms with Crippen LogP contribution in [0.2, 0.25) is 0 Å². The van der Waals surface area contributed by atoms with Crippen molar-refractivity contribution in [2.75, 3.05) is 26.2 Å². The third-order valence-electron chi connectivity index (χ3n) is 4.59. The van der Waals surface area contributed by atoms with Crippen LogP contribution in [0, 0.1) is 0 Å². The topological polar surface area (TPSA) is 61.9 Å². The second kappa shape index (κ2) is 7.21. The number of benzene rings is 1. The molecule has 130 valence electrons. The van der Waals surface area contributed by atoms with Crippen LogP contribution < -0.4 is 10.1 Å². The van der Waals surface area contributed by atoms with E-state index >= 15 is 0 Å². The fraction of sp³-hybridized carbons (Fsp3) is 0.556. The van der Waals surface area contributed by atoms with Gasteiger partial charge in [0.2, 0.25) is 11.8 Å². The van der Waals surface area contributed by atoms with E-state index in [1.807, 2.05) is 30.0 Å². The van der Waals surface area contributed by atoms with E-state index in [0.29, 0.717) is 19.7 Å². The lowest BCUT2D eigenvalue weighted by Gasteiger charge is -2.36. The molecule has 0 aromatic heterocycles. The Labute approximate surface area is 142 Å². The van der Waals surface area contributed by atoms with E-state index in [2.05, 4.69) is 16.3 Å². The predicted octanol–water partition coefficient (Wildman–Crippen LogP) is 1.01. The lowest BCUT2D eigenvalue weighted by Crippen LogP contribution is -2.53. The standard InChI is InChI=1S/C18H25N3O3/c1-3-24-17-6-4-5-14(7-17)9-20-11-16-8-15(19-13(2)22)10-21(16)18(23)12-20/h4-7,15-16H,3,8-12H2,1-2H3,(H,19,22)/t15-,16-/m0/s1. The highest BCUT2D eigenvalue weighted by atomic mass is 16.5. The summed E-state index contributed by atoms with van der Waals surface area (Å²) >= 11 is 0. The maximum Gasteiger partial charge on any atom is 0.237 e. The normalized spacial score (nSPS) is 23.9. The number of fused-ring (bicyclic) bond motifs is 1. The van der Waals surface area contributed by atoms with E-state index in [-0.39, 0.29) is 23.9 Å². The molecule has 2 atom stereocenters. The molecule has 2 heterocycles. The molecule has 2 saturated heterocycles. The van der Waals surface area contributed by atoms with Crippen LogP contribution in [-0.4, -0.2) is 59.9 Å². The van der Waals surface area contributed by atoms with Crippen LogP contribution in [0.15, 0.2) is 24.3 Å². The number of hydrogen-bond acceptors (Lipinski definition) is 4. The molecule has 2 fully saturated rings.